The maximum Gasteiger partial charge on any atom is 0.225 e. The Morgan fingerprint density at radius 1 is 1.26 bits per heavy atom. The molecule has 1 aliphatic rings. The van der Waals surface area contributed by atoms with Gasteiger partial charge in [0.05, 0.1) is 32.3 Å². The standard InChI is InChI=1S/C15H21NO3/c1-18-11-12-19-10-8-15(17)16-9-7-14(16)13-5-3-2-4-6-13/h2-6,14H,7-12H2,1H3/t14-/m0/s1. The SMILES string of the molecule is COCCOCCC(=O)N1CC[C@H]1c1ccccc1. The van der Waals surface area contributed by atoms with Crippen LogP contribution in [0, 0.1) is 0 Å². The molecule has 1 aliphatic heterocycles. The summed E-state index contributed by atoms with van der Waals surface area (Å²) < 4.78 is 10.2. The molecule has 0 aromatic heterocycles. The number of amides is 1. The quantitative estimate of drug-likeness (QED) is 0.706. The van der Waals surface area contributed by atoms with Gasteiger partial charge < -0.3 is 14.4 Å². The van der Waals surface area contributed by atoms with Gasteiger partial charge in [0.25, 0.3) is 0 Å². The summed E-state index contributed by atoms with van der Waals surface area (Å²) in [6.07, 6.45) is 1.51. The van der Waals surface area contributed by atoms with Crippen molar-refractivity contribution >= 4 is 5.91 Å². The molecule has 1 amide bonds. The molecule has 0 radical (unpaired) electrons. The van der Waals surface area contributed by atoms with Crippen molar-refractivity contribution in [1.82, 2.24) is 4.90 Å². The topological polar surface area (TPSA) is 38.8 Å². The highest BCUT2D eigenvalue weighted by molar-refractivity contribution is 5.77. The Bertz CT molecular complexity index is 394. The zero-order valence-corrected chi connectivity index (χ0v) is 11.4. The number of nitrogens with zero attached hydrogens (tertiary/aromatic N) is 1. The van der Waals surface area contributed by atoms with E-state index < -0.39 is 0 Å². The lowest BCUT2D eigenvalue weighted by molar-refractivity contribution is -0.140. The molecule has 0 unspecified atom stereocenters. The lowest BCUT2D eigenvalue weighted by atomic mass is 9.94. The molecule has 4 heteroatoms. The molecule has 2 rings (SSSR count). The van der Waals surface area contributed by atoms with Crippen molar-refractivity contribution in [2.45, 2.75) is 18.9 Å². The van der Waals surface area contributed by atoms with E-state index in [1.54, 1.807) is 7.11 Å². The van der Waals surface area contributed by atoms with Crippen LogP contribution in [-0.4, -0.2) is 44.3 Å². The summed E-state index contributed by atoms with van der Waals surface area (Å²) in [6.45, 7) is 2.45. The van der Waals surface area contributed by atoms with Gasteiger partial charge in [-0.3, -0.25) is 4.79 Å². The summed E-state index contributed by atoms with van der Waals surface area (Å²) in [5.74, 6) is 0.178. The average molecular weight is 263 g/mol. The van der Waals surface area contributed by atoms with Crippen molar-refractivity contribution in [2.24, 2.45) is 0 Å². The summed E-state index contributed by atoms with van der Waals surface area (Å²) in [5.41, 5.74) is 1.22. The molecule has 1 saturated heterocycles. The summed E-state index contributed by atoms with van der Waals surface area (Å²) in [4.78, 5) is 14.0. The van der Waals surface area contributed by atoms with E-state index in [0.717, 1.165) is 13.0 Å². The van der Waals surface area contributed by atoms with Crippen molar-refractivity contribution in [3.05, 3.63) is 35.9 Å². The lowest BCUT2D eigenvalue weighted by Gasteiger charge is -2.41. The van der Waals surface area contributed by atoms with Crippen LogP contribution in [0.2, 0.25) is 0 Å². The van der Waals surface area contributed by atoms with Crippen LogP contribution in [0.1, 0.15) is 24.4 Å². The predicted octanol–water partition coefficient (Wildman–Crippen LogP) is 2.01. The maximum absolute atomic E-state index is 12.1. The number of hydrogen-bond acceptors (Lipinski definition) is 3. The number of hydrogen-bond donors (Lipinski definition) is 0. The fourth-order valence-electron chi connectivity index (χ4n) is 2.26. The zero-order valence-electron chi connectivity index (χ0n) is 11.4. The van der Waals surface area contributed by atoms with Gasteiger partial charge in [-0.05, 0) is 12.0 Å². The normalized spacial score (nSPS) is 18.2. The number of carbonyl (C=O) groups excluding carboxylic acids is 1. The molecular formula is C15H21NO3. The molecule has 0 aliphatic carbocycles. The van der Waals surface area contributed by atoms with Crippen LogP contribution in [0.3, 0.4) is 0 Å². The van der Waals surface area contributed by atoms with Crippen molar-refractivity contribution in [1.29, 1.82) is 0 Å². The molecule has 1 heterocycles. The second-order valence-corrected chi connectivity index (χ2v) is 4.66. The van der Waals surface area contributed by atoms with E-state index in [1.165, 1.54) is 5.56 Å². The van der Waals surface area contributed by atoms with Crippen LogP contribution in [-0.2, 0) is 14.3 Å². The molecule has 104 valence electrons. The molecule has 1 fully saturated rings. The van der Waals surface area contributed by atoms with Gasteiger partial charge in [0.1, 0.15) is 0 Å². The first-order valence-corrected chi connectivity index (χ1v) is 6.74. The summed E-state index contributed by atoms with van der Waals surface area (Å²) in [6, 6.07) is 10.5. The van der Waals surface area contributed by atoms with Gasteiger partial charge in [0.2, 0.25) is 5.91 Å². The molecule has 1 aromatic rings. The molecule has 0 bridgehead atoms. The third-order valence-electron chi connectivity index (χ3n) is 3.42. The number of methoxy groups -OCH3 is 1. The van der Waals surface area contributed by atoms with E-state index >= 15 is 0 Å². The molecule has 1 aromatic carbocycles. The third-order valence-corrected chi connectivity index (χ3v) is 3.42. The van der Waals surface area contributed by atoms with Crippen LogP contribution < -0.4 is 0 Å². The monoisotopic (exact) mass is 263 g/mol. The number of ether oxygens (including phenoxy) is 2. The Morgan fingerprint density at radius 2 is 2.05 bits per heavy atom. The largest absolute Gasteiger partial charge is 0.382 e. The minimum absolute atomic E-state index is 0.178. The van der Waals surface area contributed by atoms with Crippen molar-refractivity contribution in [3.8, 4) is 0 Å². The van der Waals surface area contributed by atoms with Gasteiger partial charge in [-0.15, -0.1) is 0 Å². The van der Waals surface area contributed by atoms with E-state index in [0.29, 0.717) is 26.2 Å². The van der Waals surface area contributed by atoms with E-state index in [4.69, 9.17) is 9.47 Å². The first-order valence-electron chi connectivity index (χ1n) is 6.74. The Labute approximate surface area is 114 Å². The number of benzene rings is 1. The van der Waals surface area contributed by atoms with Gasteiger partial charge in [-0.1, -0.05) is 30.3 Å². The minimum Gasteiger partial charge on any atom is -0.382 e. The number of rotatable bonds is 7. The molecular weight excluding hydrogens is 242 g/mol. The molecule has 19 heavy (non-hydrogen) atoms. The molecule has 4 nitrogen and oxygen atoms in total. The van der Waals surface area contributed by atoms with E-state index in [2.05, 4.69) is 12.1 Å². The third kappa shape index (κ3) is 3.78. The fraction of sp³-hybridized carbons (Fsp3) is 0.533. The molecule has 0 spiro atoms. The van der Waals surface area contributed by atoms with Gasteiger partial charge in [0, 0.05) is 13.7 Å². The van der Waals surface area contributed by atoms with Gasteiger partial charge in [-0.2, -0.15) is 0 Å². The number of likely N-dealkylation sites (tertiary alicyclic amines) is 1. The smallest absolute Gasteiger partial charge is 0.225 e. The van der Waals surface area contributed by atoms with Gasteiger partial charge in [0.15, 0.2) is 0 Å². The summed E-state index contributed by atoms with van der Waals surface area (Å²) >= 11 is 0. The first kappa shape index (κ1) is 14.0. The van der Waals surface area contributed by atoms with Crippen LogP contribution in [0.25, 0.3) is 0 Å². The second-order valence-electron chi connectivity index (χ2n) is 4.66. The maximum atomic E-state index is 12.1. The lowest BCUT2D eigenvalue weighted by Crippen LogP contribution is -2.45. The van der Waals surface area contributed by atoms with Crippen molar-refractivity contribution < 1.29 is 14.3 Å². The highest BCUT2D eigenvalue weighted by atomic mass is 16.5. The Balaban J connectivity index is 1.74. The second kappa shape index (κ2) is 7.26. The average Bonchev–Trinajstić information content (AvgIpc) is 2.38. The predicted molar refractivity (Wildman–Crippen MR) is 72.8 cm³/mol. The first-order chi connectivity index (χ1) is 9.33. The molecule has 0 saturated carbocycles. The van der Waals surface area contributed by atoms with Gasteiger partial charge >= 0.3 is 0 Å². The molecule has 0 N–H and O–H groups in total. The van der Waals surface area contributed by atoms with Crippen molar-refractivity contribution in [2.75, 3.05) is 33.5 Å². The Hall–Kier alpha value is -1.39. The zero-order chi connectivity index (χ0) is 13.5. The van der Waals surface area contributed by atoms with Crippen LogP contribution >= 0.6 is 0 Å². The highest BCUT2D eigenvalue weighted by Gasteiger charge is 2.32. The van der Waals surface area contributed by atoms with E-state index in [-0.39, 0.29) is 11.9 Å². The number of carbonyl (C=O) groups is 1. The minimum atomic E-state index is 0.178. The van der Waals surface area contributed by atoms with Crippen LogP contribution in [0.4, 0.5) is 0 Å². The summed E-state index contributed by atoms with van der Waals surface area (Å²) in [5, 5.41) is 0. The molecule has 1 atom stereocenters. The highest BCUT2D eigenvalue weighted by Crippen LogP contribution is 2.33. The van der Waals surface area contributed by atoms with Crippen LogP contribution in [0.5, 0.6) is 0 Å². The Kier molecular flexibility index (Phi) is 5.36. The Morgan fingerprint density at radius 3 is 2.68 bits per heavy atom. The fourth-order valence-corrected chi connectivity index (χ4v) is 2.26. The van der Waals surface area contributed by atoms with Crippen LogP contribution in [0.15, 0.2) is 30.3 Å². The van der Waals surface area contributed by atoms with E-state index in [9.17, 15) is 4.79 Å². The van der Waals surface area contributed by atoms with Crippen molar-refractivity contribution in [3.63, 3.8) is 0 Å². The summed E-state index contributed by atoms with van der Waals surface area (Å²) in [7, 11) is 1.64. The van der Waals surface area contributed by atoms with E-state index in [1.807, 2.05) is 23.1 Å². The van der Waals surface area contributed by atoms with Gasteiger partial charge in [-0.25, -0.2) is 0 Å².